The molecule has 0 bridgehead atoms. The summed E-state index contributed by atoms with van der Waals surface area (Å²) < 4.78 is 5.00. The van der Waals surface area contributed by atoms with Gasteiger partial charge in [0.05, 0.1) is 0 Å². The van der Waals surface area contributed by atoms with Crippen LogP contribution < -0.4 is 5.32 Å². The van der Waals surface area contributed by atoms with Gasteiger partial charge in [-0.3, -0.25) is 0 Å². The lowest BCUT2D eigenvalue weighted by Gasteiger charge is -2.19. The first-order valence-corrected chi connectivity index (χ1v) is 5.10. The molecule has 0 aliphatic carbocycles. The fourth-order valence-corrected chi connectivity index (χ4v) is 0.913. The molecule has 0 aliphatic heterocycles. The lowest BCUT2D eigenvalue weighted by atomic mass is 10.2. The third-order valence-electron chi connectivity index (χ3n) is 1.63. The van der Waals surface area contributed by atoms with Gasteiger partial charge in [0.1, 0.15) is 5.60 Å². The maximum absolute atomic E-state index is 11.2. The van der Waals surface area contributed by atoms with Crippen LogP contribution in [0.5, 0.6) is 0 Å². The van der Waals surface area contributed by atoms with E-state index in [9.17, 15) is 9.59 Å². The van der Waals surface area contributed by atoms with E-state index in [1.165, 1.54) is 0 Å². The van der Waals surface area contributed by atoms with Gasteiger partial charge in [-0.25, -0.2) is 9.59 Å². The summed E-state index contributed by atoms with van der Waals surface area (Å²) in [5.41, 5.74) is -0.375. The number of carboxylic acid groups (broad SMARTS) is 1. The highest BCUT2D eigenvalue weighted by Gasteiger charge is 2.15. The fraction of sp³-hybridized carbons (Fsp3) is 0.636. The Morgan fingerprint density at radius 2 is 1.94 bits per heavy atom. The third-order valence-corrected chi connectivity index (χ3v) is 1.63. The molecule has 0 fully saturated rings. The molecule has 0 aromatic carbocycles. The van der Waals surface area contributed by atoms with E-state index in [4.69, 9.17) is 9.84 Å². The molecule has 0 aromatic heterocycles. The molecule has 0 atom stereocenters. The molecule has 0 heterocycles. The van der Waals surface area contributed by atoms with Crippen molar-refractivity contribution >= 4 is 12.1 Å². The molecule has 1 amide bonds. The molecule has 5 nitrogen and oxygen atoms in total. The van der Waals surface area contributed by atoms with Crippen LogP contribution in [0.25, 0.3) is 0 Å². The summed E-state index contributed by atoms with van der Waals surface area (Å²) in [4.78, 5) is 21.6. The second-order valence-electron chi connectivity index (χ2n) is 4.44. The van der Waals surface area contributed by atoms with Crippen LogP contribution >= 0.6 is 0 Å². The van der Waals surface area contributed by atoms with Gasteiger partial charge in [-0.05, 0) is 33.6 Å². The minimum Gasteiger partial charge on any atom is -0.478 e. The summed E-state index contributed by atoms with van der Waals surface area (Å²) >= 11 is 0. The topological polar surface area (TPSA) is 75.6 Å². The Kier molecular flexibility index (Phi) is 5.56. The van der Waals surface area contributed by atoms with Gasteiger partial charge in [-0.1, -0.05) is 6.58 Å². The zero-order chi connectivity index (χ0) is 12.8. The smallest absolute Gasteiger partial charge is 0.407 e. The largest absolute Gasteiger partial charge is 0.478 e. The minimum absolute atomic E-state index is 0.144. The van der Waals surface area contributed by atoms with Gasteiger partial charge in [0.25, 0.3) is 0 Å². The van der Waals surface area contributed by atoms with Gasteiger partial charge in [0.2, 0.25) is 0 Å². The number of carbonyl (C=O) groups excluding carboxylic acids is 1. The van der Waals surface area contributed by atoms with Crippen LogP contribution in [0.4, 0.5) is 4.79 Å². The summed E-state index contributed by atoms with van der Waals surface area (Å²) in [6, 6.07) is 0. The molecule has 2 N–H and O–H groups in total. The molecular formula is C11H19NO4. The van der Waals surface area contributed by atoms with Gasteiger partial charge < -0.3 is 15.2 Å². The van der Waals surface area contributed by atoms with Gasteiger partial charge in [-0.2, -0.15) is 0 Å². The van der Waals surface area contributed by atoms with Gasteiger partial charge >= 0.3 is 12.1 Å². The number of carbonyl (C=O) groups is 2. The van der Waals surface area contributed by atoms with Crippen LogP contribution in [0.2, 0.25) is 0 Å². The summed E-state index contributed by atoms with van der Waals surface area (Å²) in [6.07, 6.45) is 0.392. The lowest BCUT2D eigenvalue weighted by molar-refractivity contribution is -0.132. The van der Waals surface area contributed by atoms with Crippen molar-refractivity contribution in [3.63, 3.8) is 0 Å². The number of ether oxygens (including phenoxy) is 1. The summed E-state index contributed by atoms with van der Waals surface area (Å²) in [6.45, 7) is 9.09. The Balaban J connectivity index is 3.64. The first kappa shape index (κ1) is 14.5. The highest BCUT2D eigenvalue weighted by molar-refractivity contribution is 5.85. The van der Waals surface area contributed by atoms with Gasteiger partial charge in [-0.15, -0.1) is 0 Å². The highest BCUT2D eigenvalue weighted by atomic mass is 16.6. The number of carboxylic acids is 1. The van der Waals surface area contributed by atoms with E-state index in [0.717, 1.165) is 0 Å². The summed E-state index contributed by atoms with van der Waals surface area (Å²) in [7, 11) is 0. The normalized spacial score (nSPS) is 10.7. The van der Waals surface area contributed by atoms with Gasteiger partial charge in [0.15, 0.2) is 0 Å². The minimum atomic E-state index is -1.00. The van der Waals surface area contributed by atoms with Crippen molar-refractivity contribution in [1.82, 2.24) is 5.32 Å². The van der Waals surface area contributed by atoms with Crippen molar-refractivity contribution in [2.45, 2.75) is 39.2 Å². The molecule has 0 saturated heterocycles. The molecule has 0 aromatic rings. The fourth-order valence-electron chi connectivity index (χ4n) is 0.913. The zero-order valence-electron chi connectivity index (χ0n) is 10.0. The second kappa shape index (κ2) is 6.15. The molecule has 0 spiro atoms. The Bertz CT molecular complexity index is 278. The van der Waals surface area contributed by atoms with E-state index in [2.05, 4.69) is 11.9 Å². The Hall–Kier alpha value is -1.52. The third kappa shape index (κ3) is 7.84. The van der Waals surface area contributed by atoms with Crippen LogP contribution in [-0.4, -0.2) is 29.3 Å². The molecule has 0 aliphatic rings. The predicted octanol–water partition coefficient (Wildman–Crippen LogP) is 1.93. The molecule has 0 saturated carbocycles. The van der Waals surface area contributed by atoms with Crippen molar-refractivity contribution in [3.8, 4) is 0 Å². The van der Waals surface area contributed by atoms with Crippen molar-refractivity contribution in [3.05, 3.63) is 12.2 Å². The maximum Gasteiger partial charge on any atom is 0.407 e. The zero-order valence-corrected chi connectivity index (χ0v) is 10.0. The van der Waals surface area contributed by atoms with Crippen LogP contribution in [0, 0.1) is 0 Å². The Labute approximate surface area is 95.5 Å². The molecule has 16 heavy (non-hydrogen) atoms. The van der Waals surface area contributed by atoms with Crippen LogP contribution in [0.1, 0.15) is 33.6 Å². The van der Waals surface area contributed by atoms with E-state index in [-0.39, 0.29) is 5.57 Å². The Morgan fingerprint density at radius 3 is 2.38 bits per heavy atom. The number of amides is 1. The summed E-state index contributed by atoms with van der Waals surface area (Å²) in [5.74, 6) is -1.00. The quantitative estimate of drug-likeness (QED) is 0.558. The van der Waals surface area contributed by atoms with Crippen LogP contribution in [-0.2, 0) is 9.53 Å². The Morgan fingerprint density at radius 1 is 1.38 bits per heavy atom. The van der Waals surface area contributed by atoms with Crippen LogP contribution in [0.15, 0.2) is 12.2 Å². The molecule has 0 unspecified atom stereocenters. The number of hydrogen-bond donors (Lipinski definition) is 2. The second-order valence-corrected chi connectivity index (χ2v) is 4.44. The number of alkyl carbamates (subject to hydrolysis) is 1. The monoisotopic (exact) mass is 229 g/mol. The number of nitrogens with one attached hydrogen (secondary N) is 1. The van der Waals surface area contributed by atoms with E-state index in [0.29, 0.717) is 19.4 Å². The number of rotatable bonds is 5. The SMILES string of the molecule is C=C(CCCNC(=O)OC(C)(C)C)C(=O)O. The van der Waals surface area contributed by atoms with E-state index < -0.39 is 17.7 Å². The van der Waals surface area contributed by atoms with E-state index >= 15 is 0 Å². The van der Waals surface area contributed by atoms with E-state index in [1.807, 2.05) is 0 Å². The standard InChI is InChI=1S/C11H19NO4/c1-8(9(13)14)6-5-7-12-10(15)16-11(2,3)4/h1,5-7H2,2-4H3,(H,12,15)(H,13,14). The summed E-state index contributed by atoms with van der Waals surface area (Å²) in [5, 5.41) is 11.1. The maximum atomic E-state index is 11.2. The van der Waals surface area contributed by atoms with Crippen molar-refractivity contribution in [1.29, 1.82) is 0 Å². The molecule has 5 heteroatoms. The lowest BCUT2D eigenvalue weighted by Crippen LogP contribution is -2.33. The van der Waals surface area contributed by atoms with Gasteiger partial charge in [0, 0.05) is 12.1 Å². The van der Waals surface area contributed by atoms with Crippen molar-refractivity contribution in [2.24, 2.45) is 0 Å². The molecular weight excluding hydrogens is 210 g/mol. The average Bonchev–Trinajstić information content (AvgIpc) is 2.08. The van der Waals surface area contributed by atoms with Crippen molar-refractivity contribution < 1.29 is 19.4 Å². The highest BCUT2D eigenvalue weighted by Crippen LogP contribution is 2.06. The number of aliphatic carboxylic acids is 1. The molecule has 92 valence electrons. The molecule has 0 radical (unpaired) electrons. The number of hydrogen-bond acceptors (Lipinski definition) is 3. The average molecular weight is 229 g/mol. The van der Waals surface area contributed by atoms with Crippen molar-refractivity contribution in [2.75, 3.05) is 6.54 Å². The first-order chi connectivity index (χ1) is 7.22. The first-order valence-electron chi connectivity index (χ1n) is 5.10. The van der Waals surface area contributed by atoms with E-state index in [1.54, 1.807) is 20.8 Å². The predicted molar refractivity (Wildman–Crippen MR) is 60.2 cm³/mol. The molecule has 0 rings (SSSR count). The van der Waals surface area contributed by atoms with Crippen LogP contribution in [0.3, 0.4) is 0 Å².